The lowest BCUT2D eigenvalue weighted by Crippen LogP contribution is -2.60. The molecule has 0 aliphatic carbocycles. The van der Waals surface area contributed by atoms with E-state index in [2.05, 4.69) is 10.6 Å². The first-order valence-corrected chi connectivity index (χ1v) is 5.52. The highest BCUT2D eigenvalue weighted by molar-refractivity contribution is 6.02. The van der Waals surface area contributed by atoms with Gasteiger partial charge < -0.3 is 15.8 Å². The van der Waals surface area contributed by atoms with E-state index in [-0.39, 0.29) is 18.9 Å². The van der Waals surface area contributed by atoms with Crippen molar-refractivity contribution in [1.82, 2.24) is 10.6 Å². The van der Waals surface area contributed by atoms with Crippen molar-refractivity contribution in [2.75, 3.05) is 13.2 Å². The lowest BCUT2D eigenvalue weighted by molar-refractivity contribution is -0.138. The molecule has 94 valence electrons. The molecule has 0 saturated carbocycles. The second-order valence-electron chi connectivity index (χ2n) is 4.44. The highest BCUT2D eigenvalue weighted by atomic mass is 16.5. The van der Waals surface area contributed by atoms with Gasteiger partial charge in [-0.05, 0) is 12.8 Å². The summed E-state index contributed by atoms with van der Waals surface area (Å²) in [5.41, 5.74) is 4.80. The third kappa shape index (κ3) is 2.45. The van der Waals surface area contributed by atoms with E-state index in [1.807, 2.05) is 0 Å². The lowest BCUT2D eigenvalue weighted by atomic mass is 9.97. The normalized spacial score (nSPS) is 33.4. The van der Waals surface area contributed by atoms with E-state index in [0.29, 0.717) is 19.4 Å². The number of rotatable bonds is 2. The molecule has 2 rings (SSSR count). The predicted octanol–water partition coefficient (Wildman–Crippen LogP) is -1.97. The van der Waals surface area contributed by atoms with Gasteiger partial charge in [-0.25, -0.2) is 0 Å². The zero-order chi connectivity index (χ0) is 12.5. The molecular weight excluding hydrogens is 226 g/mol. The van der Waals surface area contributed by atoms with Gasteiger partial charge in [0.15, 0.2) is 0 Å². The second-order valence-corrected chi connectivity index (χ2v) is 4.44. The van der Waals surface area contributed by atoms with E-state index in [0.717, 1.165) is 0 Å². The van der Waals surface area contributed by atoms with Crippen molar-refractivity contribution >= 4 is 17.7 Å². The first-order valence-electron chi connectivity index (χ1n) is 5.52. The van der Waals surface area contributed by atoms with Crippen LogP contribution in [0.25, 0.3) is 0 Å². The fourth-order valence-electron chi connectivity index (χ4n) is 1.89. The van der Waals surface area contributed by atoms with Crippen LogP contribution in [0.5, 0.6) is 0 Å². The molecular formula is C10H15N3O4. The number of nitrogens with two attached hydrogens (primary N) is 1. The first kappa shape index (κ1) is 12.0. The Morgan fingerprint density at radius 2 is 2.29 bits per heavy atom. The van der Waals surface area contributed by atoms with Crippen LogP contribution in [0.1, 0.15) is 19.3 Å². The van der Waals surface area contributed by atoms with Crippen LogP contribution in [-0.2, 0) is 19.1 Å². The van der Waals surface area contributed by atoms with E-state index in [1.165, 1.54) is 0 Å². The van der Waals surface area contributed by atoms with Crippen LogP contribution < -0.4 is 16.4 Å². The third-order valence-corrected chi connectivity index (χ3v) is 3.05. The highest BCUT2D eigenvalue weighted by Crippen LogP contribution is 2.16. The van der Waals surface area contributed by atoms with Crippen LogP contribution in [0.2, 0.25) is 0 Å². The molecule has 0 bridgehead atoms. The van der Waals surface area contributed by atoms with Crippen LogP contribution in [0.4, 0.5) is 0 Å². The molecule has 2 aliphatic rings. The molecule has 2 saturated heterocycles. The van der Waals surface area contributed by atoms with Crippen molar-refractivity contribution in [2.45, 2.75) is 30.8 Å². The van der Waals surface area contributed by atoms with Crippen molar-refractivity contribution in [2.24, 2.45) is 5.73 Å². The van der Waals surface area contributed by atoms with Crippen molar-refractivity contribution in [1.29, 1.82) is 0 Å². The second kappa shape index (κ2) is 4.42. The maximum absolute atomic E-state index is 11.9. The number of imide groups is 1. The summed E-state index contributed by atoms with van der Waals surface area (Å²) in [7, 11) is 0. The number of carbonyl (C=O) groups excluding carboxylic acids is 3. The number of carbonyl (C=O) groups is 3. The largest absolute Gasteiger partial charge is 0.379 e. The van der Waals surface area contributed by atoms with Crippen molar-refractivity contribution < 1.29 is 19.1 Å². The predicted molar refractivity (Wildman–Crippen MR) is 56.7 cm³/mol. The molecule has 4 N–H and O–H groups in total. The van der Waals surface area contributed by atoms with Crippen LogP contribution in [0.15, 0.2) is 0 Å². The van der Waals surface area contributed by atoms with Crippen molar-refractivity contribution in [3.63, 3.8) is 0 Å². The number of hydrogen-bond donors (Lipinski definition) is 3. The number of piperidine rings is 1. The summed E-state index contributed by atoms with van der Waals surface area (Å²) in [6.07, 6.45) is 0.976. The van der Waals surface area contributed by atoms with Crippen LogP contribution in [-0.4, -0.2) is 42.5 Å². The summed E-state index contributed by atoms with van der Waals surface area (Å²) in [6.45, 7) is 0.603. The fourth-order valence-corrected chi connectivity index (χ4v) is 1.89. The zero-order valence-corrected chi connectivity index (χ0v) is 9.32. The molecule has 7 heteroatoms. The topological polar surface area (TPSA) is 111 Å². The Morgan fingerprint density at radius 3 is 2.88 bits per heavy atom. The van der Waals surface area contributed by atoms with Gasteiger partial charge in [0, 0.05) is 13.0 Å². The molecule has 2 unspecified atom stereocenters. The molecule has 7 nitrogen and oxygen atoms in total. The molecule has 0 spiro atoms. The lowest BCUT2D eigenvalue weighted by Gasteiger charge is -2.26. The quantitative estimate of drug-likeness (QED) is 0.485. The SMILES string of the molecule is NC1(C(=O)NC2CCC(=O)NC2=O)CCOC1. The molecule has 0 aromatic heterocycles. The van der Waals surface area contributed by atoms with Crippen molar-refractivity contribution in [3.8, 4) is 0 Å². The van der Waals surface area contributed by atoms with Gasteiger partial charge in [0.25, 0.3) is 0 Å². The van der Waals surface area contributed by atoms with Crippen molar-refractivity contribution in [3.05, 3.63) is 0 Å². The Hall–Kier alpha value is -1.47. The Bertz CT molecular complexity index is 363. The molecule has 0 aromatic carbocycles. The van der Waals surface area contributed by atoms with Gasteiger partial charge in [0.1, 0.15) is 11.6 Å². The van der Waals surface area contributed by atoms with Crippen LogP contribution >= 0.6 is 0 Å². The molecule has 2 atom stereocenters. The number of amides is 3. The Balaban J connectivity index is 1.94. The molecule has 17 heavy (non-hydrogen) atoms. The van der Waals surface area contributed by atoms with E-state index in [1.54, 1.807) is 0 Å². The minimum Gasteiger partial charge on any atom is -0.379 e. The van der Waals surface area contributed by atoms with Crippen LogP contribution in [0, 0.1) is 0 Å². The number of hydrogen-bond acceptors (Lipinski definition) is 5. The monoisotopic (exact) mass is 241 g/mol. The molecule has 0 aromatic rings. The first-order chi connectivity index (χ1) is 8.01. The van der Waals surface area contributed by atoms with Gasteiger partial charge in [0.2, 0.25) is 17.7 Å². The molecule has 2 fully saturated rings. The van der Waals surface area contributed by atoms with Gasteiger partial charge in [-0.2, -0.15) is 0 Å². The average molecular weight is 241 g/mol. The standard InChI is InChI=1S/C10H15N3O4/c11-10(3-4-17-5-10)9(16)12-6-1-2-7(14)13-8(6)15/h6H,1-5,11H2,(H,12,16)(H,13,14,15). The maximum Gasteiger partial charge on any atom is 0.249 e. The smallest absolute Gasteiger partial charge is 0.249 e. The Labute approximate surface area is 98.0 Å². The van der Waals surface area contributed by atoms with E-state index >= 15 is 0 Å². The molecule has 2 aliphatic heterocycles. The van der Waals surface area contributed by atoms with Gasteiger partial charge >= 0.3 is 0 Å². The van der Waals surface area contributed by atoms with E-state index in [4.69, 9.17) is 10.5 Å². The van der Waals surface area contributed by atoms with Gasteiger partial charge in [-0.3, -0.25) is 19.7 Å². The zero-order valence-electron chi connectivity index (χ0n) is 9.32. The van der Waals surface area contributed by atoms with Crippen LogP contribution in [0.3, 0.4) is 0 Å². The summed E-state index contributed by atoms with van der Waals surface area (Å²) < 4.78 is 5.07. The summed E-state index contributed by atoms with van der Waals surface area (Å²) in [5, 5.41) is 4.74. The molecule has 0 radical (unpaired) electrons. The summed E-state index contributed by atoms with van der Waals surface area (Å²) in [6, 6.07) is -0.679. The molecule has 2 heterocycles. The fraction of sp³-hybridized carbons (Fsp3) is 0.700. The average Bonchev–Trinajstić information content (AvgIpc) is 2.71. The van der Waals surface area contributed by atoms with E-state index < -0.39 is 23.4 Å². The molecule has 3 amide bonds. The van der Waals surface area contributed by atoms with E-state index in [9.17, 15) is 14.4 Å². The summed E-state index contributed by atoms with van der Waals surface area (Å²) in [5.74, 6) is -1.19. The van der Waals surface area contributed by atoms with Gasteiger partial charge in [-0.15, -0.1) is 0 Å². The highest BCUT2D eigenvalue weighted by Gasteiger charge is 2.40. The Kier molecular flexibility index (Phi) is 3.12. The summed E-state index contributed by atoms with van der Waals surface area (Å²) in [4.78, 5) is 34.3. The minimum atomic E-state index is -1.05. The minimum absolute atomic E-state index is 0.159. The maximum atomic E-state index is 11.9. The third-order valence-electron chi connectivity index (χ3n) is 3.05. The number of ether oxygens (including phenoxy) is 1. The van der Waals surface area contributed by atoms with Gasteiger partial charge in [-0.1, -0.05) is 0 Å². The Morgan fingerprint density at radius 1 is 1.53 bits per heavy atom. The number of nitrogens with one attached hydrogen (secondary N) is 2. The van der Waals surface area contributed by atoms with Gasteiger partial charge in [0.05, 0.1) is 6.61 Å². The summed E-state index contributed by atoms with van der Waals surface area (Å²) >= 11 is 0.